The lowest BCUT2D eigenvalue weighted by Crippen LogP contribution is -2.23. The van der Waals surface area contributed by atoms with E-state index in [0.29, 0.717) is 12.6 Å². The van der Waals surface area contributed by atoms with E-state index >= 15 is 0 Å². The highest BCUT2D eigenvalue weighted by molar-refractivity contribution is 5.38. The first kappa shape index (κ1) is 16.7. The fourth-order valence-electron chi connectivity index (χ4n) is 3.32. The Kier molecular flexibility index (Phi) is 5.67. The minimum Gasteiger partial charge on any atom is -0.491 e. The van der Waals surface area contributed by atoms with Gasteiger partial charge < -0.3 is 15.2 Å². The van der Waals surface area contributed by atoms with Crippen LogP contribution in [0.2, 0.25) is 0 Å². The second-order valence-electron chi connectivity index (χ2n) is 6.07. The molecule has 5 nitrogen and oxygen atoms in total. The Hall–Kier alpha value is -2.11. The van der Waals surface area contributed by atoms with Gasteiger partial charge in [-0.25, -0.2) is 4.98 Å². The molecule has 0 bridgehead atoms. The van der Waals surface area contributed by atoms with E-state index in [2.05, 4.69) is 39.5 Å². The predicted octanol–water partition coefficient (Wildman–Crippen LogP) is 2.83. The number of pyridine rings is 1. The Morgan fingerprint density at radius 3 is 3.08 bits per heavy atom. The van der Waals surface area contributed by atoms with E-state index in [4.69, 9.17) is 9.84 Å². The molecular weight excluding hydrogens is 302 g/mol. The van der Waals surface area contributed by atoms with Crippen molar-refractivity contribution in [1.82, 2.24) is 9.88 Å². The lowest BCUT2D eigenvalue weighted by atomic mass is 10.1. The van der Waals surface area contributed by atoms with Crippen LogP contribution in [0.1, 0.15) is 30.0 Å². The molecule has 24 heavy (non-hydrogen) atoms. The number of rotatable bonds is 7. The molecular formula is C19H25N3O2. The molecule has 1 aromatic carbocycles. The van der Waals surface area contributed by atoms with Gasteiger partial charge in [0, 0.05) is 25.8 Å². The standard InChI is InChI=1S/C19H25N3O2/c1-20-19-13-16(7-8-21-19)18-6-3-9-22(18)14-15-4-2-5-17(12-15)24-11-10-23/h2,4-5,7-8,12-13,18,23H,3,6,9-11,14H2,1H3,(H,20,21). The van der Waals surface area contributed by atoms with Gasteiger partial charge in [0.05, 0.1) is 6.61 Å². The summed E-state index contributed by atoms with van der Waals surface area (Å²) >= 11 is 0. The summed E-state index contributed by atoms with van der Waals surface area (Å²) in [5, 5.41) is 12.0. The molecule has 1 aliphatic heterocycles. The highest BCUT2D eigenvalue weighted by Gasteiger charge is 2.26. The Balaban J connectivity index is 1.71. The number of anilines is 1. The van der Waals surface area contributed by atoms with Crippen molar-refractivity contribution in [1.29, 1.82) is 0 Å². The molecule has 1 unspecified atom stereocenters. The molecule has 1 fully saturated rings. The van der Waals surface area contributed by atoms with Gasteiger partial charge in [-0.15, -0.1) is 0 Å². The van der Waals surface area contributed by atoms with Crippen molar-refractivity contribution in [2.45, 2.75) is 25.4 Å². The zero-order valence-corrected chi connectivity index (χ0v) is 14.1. The molecule has 0 aliphatic carbocycles. The molecule has 1 atom stereocenters. The third-order valence-corrected chi connectivity index (χ3v) is 4.43. The Morgan fingerprint density at radius 1 is 1.33 bits per heavy atom. The van der Waals surface area contributed by atoms with Crippen molar-refractivity contribution in [3.8, 4) is 5.75 Å². The molecule has 0 saturated carbocycles. The van der Waals surface area contributed by atoms with Crippen LogP contribution in [-0.2, 0) is 6.54 Å². The smallest absolute Gasteiger partial charge is 0.125 e. The molecule has 0 spiro atoms. The summed E-state index contributed by atoms with van der Waals surface area (Å²) in [7, 11) is 1.90. The lowest BCUT2D eigenvalue weighted by Gasteiger charge is -2.25. The van der Waals surface area contributed by atoms with Crippen LogP contribution in [0.15, 0.2) is 42.6 Å². The number of nitrogens with one attached hydrogen (secondary N) is 1. The maximum absolute atomic E-state index is 8.89. The van der Waals surface area contributed by atoms with Gasteiger partial charge in [-0.05, 0) is 54.8 Å². The van der Waals surface area contributed by atoms with Crippen molar-refractivity contribution in [3.63, 3.8) is 0 Å². The van der Waals surface area contributed by atoms with Crippen molar-refractivity contribution in [2.75, 3.05) is 32.1 Å². The molecule has 128 valence electrons. The summed E-state index contributed by atoms with van der Waals surface area (Å²) in [5.41, 5.74) is 2.56. The Labute approximate surface area is 143 Å². The summed E-state index contributed by atoms with van der Waals surface area (Å²) in [5.74, 6) is 1.73. The van der Waals surface area contributed by atoms with Crippen molar-refractivity contribution in [2.24, 2.45) is 0 Å². The normalized spacial score (nSPS) is 17.8. The van der Waals surface area contributed by atoms with Crippen LogP contribution in [0.3, 0.4) is 0 Å². The van der Waals surface area contributed by atoms with E-state index in [-0.39, 0.29) is 6.61 Å². The van der Waals surface area contributed by atoms with Crippen LogP contribution in [0.5, 0.6) is 5.75 Å². The van der Waals surface area contributed by atoms with Crippen LogP contribution in [0.25, 0.3) is 0 Å². The number of aromatic nitrogens is 1. The predicted molar refractivity (Wildman–Crippen MR) is 95.2 cm³/mol. The molecule has 2 aromatic rings. The summed E-state index contributed by atoms with van der Waals surface area (Å²) in [4.78, 5) is 6.83. The van der Waals surface area contributed by atoms with Crippen LogP contribution in [0, 0.1) is 0 Å². The van der Waals surface area contributed by atoms with Gasteiger partial charge in [-0.1, -0.05) is 12.1 Å². The molecule has 2 heterocycles. The maximum Gasteiger partial charge on any atom is 0.125 e. The third kappa shape index (κ3) is 4.04. The van der Waals surface area contributed by atoms with Gasteiger partial charge >= 0.3 is 0 Å². The number of hydrogen-bond acceptors (Lipinski definition) is 5. The van der Waals surface area contributed by atoms with Crippen LogP contribution in [0.4, 0.5) is 5.82 Å². The third-order valence-electron chi connectivity index (χ3n) is 4.43. The first-order chi connectivity index (χ1) is 11.8. The molecule has 3 rings (SSSR count). The molecule has 1 saturated heterocycles. The molecule has 1 aromatic heterocycles. The average molecular weight is 327 g/mol. The summed E-state index contributed by atoms with van der Waals surface area (Å²) in [6, 6.07) is 12.8. The van der Waals surface area contributed by atoms with E-state index in [0.717, 1.165) is 24.7 Å². The van der Waals surface area contributed by atoms with Crippen molar-refractivity contribution >= 4 is 5.82 Å². The zero-order valence-electron chi connectivity index (χ0n) is 14.1. The second kappa shape index (κ2) is 8.13. The summed E-state index contributed by atoms with van der Waals surface area (Å²) in [6.45, 7) is 2.37. The van der Waals surface area contributed by atoms with E-state index in [1.54, 1.807) is 0 Å². The second-order valence-corrected chi connectivity index (χ2v) is 6.07. The largest absolute Gasteiger partial charge is 0.491 e. The number of ether oxygens (including phenoxy) is 1. The molecule has 0 amide bonds. The number of aliphatic hydroxyl groups is 1. The highest BCUT2D eigenvalue weighted by atomic mass is 16.5. The molecule has 5 heteroatoms. The quantitative estimate of drug-likeness (QED) is 0.819. The van der Waals surface area contributed by atoms with Crippen LogP contribution < -0.4 is 10.1 Å². The molecule has 1 aliphatic rings. The van der Waals surface area contributed by atoms with Gasteiger partial charge in [-0.3, -0.25) is 4.90 Å². The monoisotopic (exact) mass is 327 g/mol. The first-order valence-electron chi connectivity index (χ1n) is 8.50. The number of hydrogen-bond donors (Lipinski definition) is 2. The minimum absolute atomic E-state index is 0.0360. The molecule has 2 N–H and O–H groups in total. The topological polar surface area (TPSA) is 57.6 Å². The summed E-state index contributed by atoms with van der Waals surface area (Å²) in [6.07, 6.45) is 4.26. The fourth-order valence-corrected chi connectivity index (χ4v) is 3.32. The maximum atomic E-state index is 8.89. The van der Waals surface area contributed by atoms with Crippen molar-refractivity contribution in [3.05, 3.63) is 53.7 Å². The average Bonchev–Trinajstić information content (AvgIpc) is 3.08. The minimum atomic E-state index is 0.0360. The zero-order chi connectivity index (χ0) is 16.8. The van der Waals surface area contributed by atoms with Gasteiger partial charge in [0.15, 0.2) is 0 Å². The van der Waals surface area contributed by atoms with Gasteiger partial charge in [0.1, 0.15) is 18.2 Å². The SMILES string of the molecule is CNc1cc(C2CCCN2Cc2cccc(OCCO)c2)ccn1. The lowest BCUT2D eigenvalue weighted by molar-refractivity contribution is 0.201. The molecule has 0 radical (unpaired) electrons. The van der Waals surface area contributed by atoms with E-state index in [1.165, 1.54) is 24.0 Å². The van der Waals surface area contributed by atoms with Crippen molar-refractivity contribution < 1.29 is 9.84 Å². The number of likely N-dealkylation sites (tertiary alicyclic amines) is 1. The Bertz CT molecular complexity index is 663. The number of nitrogens with zero attached hydrogens (tertiary/aromatic N) is 2. The number of benzene rings is 1. The summed E-state index contributed by atoms with van der Waals surface area (Å²) < 4.78 is 5.52. The van der Waals surface area contributed by atoms with E-state index in [1.807, 2.05) is 25.4 Å². The number of aliphatic hydroxyl groups excluding tert-OH is 1. The highest BCUT2D eigenvalue weighted by Crippen LogP contribution is 2.34. The fraction of sp³-hybridized carbons (Fsp3) is 0.421. The van der Waals surface area contributed by atoms with E-state index < -0.39 is 0 Å². The van der Waals surface area contributed by atoms with E-state index in [9.17, 15) is 0 Å². The van der Waals surface area contributed by atoms with Crippen LogP contribution in [-0.4, -0.2) is 41.8 Å². The van der Waals surface area contributed by atoms with Gasteiger partial charge in [0.2, 0.25) is 0 Å². The van der Waals surface area contributed by atoms with Crippen LogP contribution >= 0.6 is 0 Å². The first-order valence-corrected chi connectivity index (χ1v) is 8.50. The van der Waals surface area contributed by atoms with Gasteiger partial charge in [0.25, 0.3) is 0 Å². The Morgan fingerprint density at radius 2 is 2.25 bits per heavy atom. The van der Waals surface area contributed by atoms with Gasteiger partial charge in [-0.2, -0.15) is 0 Å².